The summed E-state index contributed by atoms with van der Waals surface area (Å²) >= 11 is 5.86. The van der Waals surface area contributed by atoms with E-state index in [-0.39, 0.29) is 17.9 Å². The predicted molar refractivity (Wildman–Crippen MR) is 101 cm³/mol. The molecule has 1 heterocycles. The maximum absolute atomic E-state index is 12.7. The Morgan fingerprint density at radius 1 is 1.28 bits per heavy atom. The molecule has 0 saturated carbocycles. The number of hydrogen-bond donors (Lipinski definition) is 3. The predicted octanol–water partition coefficient (Wildman–Crippen LogP) is 2.60. The van der Waals surface area contributed by atoms with Crippen LogP contribution in [0, 0.1) is 11.8 Å². The topological polar surface area (TPSA) is 70.2 Å². The van der Waals surface area contributed by atoms with E-state index in [9.17, 15) is 9.59 Å². The fourth-order valence-electron chi connectivity index (χ4n) is 3.06. The minimum Gasteiger partial charge on any atom is -0.351 e. The molecule has 0 bridgehead atoms. The van der Waals surface area contributed by atoms with Gasteiger partial charge in [0.05, 0.1) is 0 Å². The number of halogens is 1. The summed E-state index contributed by atoms with van der Waals surface area (Å²) < 4.78 is 0. The van der Waals surface area contributed by atoms with Gasteiger partial charge in [0.25, 0.3) is 5.91 Å². The molecule has 3 unspecified atom stereocenters. The van der Waals surface area contributed by atoms with Crippen LogP contribution in [-0.2, 0) is 4.79 Å². The molecule has 2 rings (SSSR count). The number of hydrogen-bond acceptors (Lipinski definition) is 3. The van der Waals surface area contributed by atoms with Crippen molar-refractivity contribution in [1.82, 2.24) is 16.0 Å². The van der Waals surface area contributed by atoms with Crippen LogP contribution >= 0.6 is 11.6 Å². The van der Waals surface area contributed by atoms with Crippen LogP contribution in [0.3, 0.4) is 0 Å². The van der Waals surface area contributed by atoms with Gasteiger partial charge in [0.15, 0.2) is 0 Å². The zero-order valence-electron chi connectivity index (χ0n) is 15.1. The van der Waals surface area contributed by atoms with E-state index in [0.29, 0.717) is 28.8 Å². The first-order chi connectivity index (χ1) is 11.9. The first-order valence-electron chi connectivity index (χ1n) is 8.94. The Kier molecular flexibility index (Phi) is 7.26. The summed E-state index contributed by atoms with van der Waals surface area (Å²) in [4.78, 5) is 25.2. The normalized spacial score (nSPS) is 21.6. The third kappa shape index (κ3) is 6.01. The molecule has 0 spiro atoms. The van der Waals surface area contributed by atoms with Gasteiger partial charge >= 0.3 is 0 Å². The molecular weight excluding hydrogens is 338 g/mol. The maximum atomic E-state index is 12.7. The second-order valence-electron chi connectivity index (χ2n) is 7.25. The number of nitrogens with one attached hydrogen (secondary N) is 3. The van der Waals surface area contributed by atoms with Crippen molar-refractivity contribution < 1.29 is 9.59 Å². The van der Waals surface area contributed by atoms with Gasteiger partial charge in [-0.2, -0.15) is 0 Å². The van der Waals surface area contributed by atoms with Crippen molar-refractivity contribution in [2.24, 2.45) is 11.8 Å². The average molecular weight is 366 g/mol. The highest BCUT2D eigenvalue weighted by molar-refractivity contribution is 6.30. The molecular formula is C19H28ClN3O2. The lowest BCUT2D eigenvalue weighted by molar-refractivity contribution is -0.124. The number of rotatable bonds is 6. The number of carbonyl (C=O) groups excluding carboxylic acids is 2. The Hall–Kier alpha value is -1.59. The molecule has 1 aromatic rings. The summed E-state index contributed by atoms with van der Waals surface area (Å²) in [5.74, 6) is 0.321. The van der Waals surface area contributed by atoms with E-state index < -0.39 is 6.04 Å². The van der Waals surface area contributed by atoms with Crippen LogP contribution in [0.5, 0.6) is 0 Å². The van der Waals surface area contributed by atoms with Crippen molar-refractivity contribution in [3.63, 3.8) is 0 Å². The second kappa shape index (κ2) is 9.20. The zero-order chi connectivity index (χ0) is 18.4. The zero-order valence-corrected chi connectivity index (χ0v) is 15.9. The Morgan fingerprint density at radius 3 is 2.56 bits per heavy atom. The van der Waals surface area contributed by atoms with E-state index in [1.807, 2.05) is 13.8 Å². The lowest BCUT2D eigenvalue weighted by Crippen LogP contribution is -2.54. The number of benzene rings is 1. The van der Waals surface area contributed by atoms with Gasteiger partial charge in [0.1, 0.15) is 6.04 Å². The third-order valence-corrected chi connectivity index (χ3v) is 4.80. The quantitative estimate of drug-likeness (QED) is 0.725. The minimum atomic E-state index is -0.537. The van der Waals surface area contributed by atoms with Crippen molar-refractivity contribution in [2.75, 3.05) is 13.1 Å². The van der Waals surface area contributed by atoms with E-state index in [1.165, 1.54) is 0 Å². The van der Waals surface area contributed by atoms with Gasteiger partial charge in [-0.25, -0.2) is 0 Å². The molecule has 138 valence electrons. The molecule has 0 aliphatic carbocycles. The van der Waals surface area contributed by atoms with Gasteiger partial charge < -0.3 is 16.0 Å². The highest BCUT2D eigenvalue weighted by atomic mass is 35.5. The van der Waals surface area contributed by atoms with E-state index in [4.69, 9.17) is 11.6 Å². The van der Waals surface area contributed by atoms with E-state index in [2.05, 4.69) is 22.9 Å². The van der Waals surface area contributed by atoms with E-state index >= 15 is 0 Å². The molecule has 1 fully saturated rings. The fraction of sp³-hybridized carbons (Fsp3) is 0.579. The van der Waals surface area contributed by atoms with Crippen molar-refractivity contribution >= 4 is 23.4 Å². The van der Waals surface area contributed by atoms with Gasteiger partial charge in [-0.1, -0.05) is 32.4 Å². The summed E-state index contributed by atoms with van der Waals surface area (Å²) in [6, 6.07) is 6.28. The Balaban J connectivity index is 2.02. The summed E-state index contributed by atoms with van der Waals surface area (Å²) in [7, 11) is 0. The molecule has 25 heavy (non-hydrogen) atoms. The fourth-order valence-corrected chi connectivity index (χ4v) is 3.18. The smallest absolute Gasteiger partial charge is 0.251 e. The lowest BCUT2D eigenvalue weighted by atomic mass is 9.94. The first kappa shape index (κ1) is 19.7. The monoisotopic (exact) mass is 365 g/mol. The molecule has 1 aliphatic rings. The van der Waals surface area contributed by atoms with Crippen LogP contribution < -0.4 is 16.0 Å². The molecule has 3 atom stereocenters. The summed E-state index contributed by atoms with van der Waals surface area (Å²) in [5, 5.41) is 9.91. The molecule has 2 amide bonds. The average Bonchev–Trinajstić information content (AvgIpc) is 2.56. The van der Waals surface area contributed by atoms with E-state index in [0.717, 1.165) is 19.5 Å². The van der Waals surface area contributed by atoms with Gasteiger partial charge in [-0.05, 0) is 62.0 Å². The molecule has 6 heteroatoms. The minimum absolute atomic E-state index is 0.102. The first-order valence-corrected chi connectivity index (χ1v) is 9.32. The Morgan fingerprint density at radius 2 is 1.96 bits per heavy atom. The van der Waals surface area contributed by atoms with Crippen molar-refractivity contribution in [3.8, 4) is 0 Å². The summed E-state index contributed by atoms with van der Waals surface area (Å²) in [6.07, 6.45) is 1.51. The van der Waals surface area contributed by atoms with Crippen molar-refractivity contribution in [3.05, 3.63) is 34.9 Å². The molecule has 1 aromatic carbocycles. The molecule has 5 nitrogen and oxygen atoms in total. The van der Waals surface area contributed by atoms with Crippen LogP contribution in [0.25, 0.3) is 0 Å². The highest BCUT2D eigenvalue weighted by Crippen LogP contribution is 2.13. The van der Waals surface area contributed by atoms with Gasteiger partial charge in [0.2, 0.25) is 5.91 Å². The van der Waals surface area contributed by atoms with Crippen LogP contribution in [0.15, 0.2) is 24.3 Å². The molecule has 0 radical (unpaired) electrons. The van der Waals surface area contributed by atoms with Crippen LogP contribution in [0.1, 0.15) is 44.0 Å². The van der Waals surface area contributed by atoms with E-state index in [1.54, 1.807) is 24.3 Å². The summed E-state index contributed by atoms with van der Waals surface area (Å²) in [6.45, 7) is 8.02. The van der Waals surface area contributed by atoms with Crippen molar-refractivity contribution in [1.29, 1.82) is 0 Å². The number of carbonyl (C=O) groups is 2. The Labute approximate surface area is 154 Å². The highest BCUT2D eigenvalue weighted by Gasteiger charge is 2.28. The SMILES string of the molecule is CC(C)CC(NC(=O)c1ccc(Cl)cc1)C(=O)NC1CCNCC1C. The molecule has 3 N–H and O–H groups in total. The van der Waals surface area contributed by atoms with Gasteiger partial charge in [0, 0.05) is 16.6 Å². The number of piperidine rings is 1. The van der Waals surface area contributed by atoms with Gasteiger partial charge in [-0.3, -0.25) is 9.59 Å². The Bertz CT molecular complexity index is 589. The molecule has 1 saturated heterocycles. The third-order valence-electron chi connectivity index (χ3n) is 4.55. The molecule has 1 aliphatic heterocycles. The lowest BCUT2D eigenvalue weighted by Gasteiger charge is -2.32. The maximum Gasteiger partial charge on any atom is 0.251 e. The van der Waals surface area contributed by atoms with Crippen molar-refractivity contribution in [2.45, 2.75) is 45.7 Å². The van der Waals surface area contributed by atoms with Crippen LogP contribution in [0.4, 0.5) is 0 Å². The van der Waals surface area contributed by atoms with Crippen LogP contribution in [0.2, 0.25) is 5.02 Å². The van der Waals surface area contributed by atoms with Crippen LogP contribution in [-0.4, -0.2) is 37.0 Å². The standard InChI is InChI=1S/C19H28ClN3O2/c1-12(2)10-17(19(25)22-16-8-9-21-11-13(16)3)23-18(24)14-4-6-15(20)7-5-14/h4-7,12-13,16-17,21H,8-11H2,1-3H3,(H,22,25)(H,23,24). The summed E-state index contributed by atoms with van der Waals surface area (Å²) in [5.41, 5.74) is 0.501. The van der Waals surface area contributed by atoms with Gasteiger partial charge in [-0.15, -0.1) is 0 Å². The number of amides is 2. The molecule has 0 aromatic heterocycles. The largest absolute Gasteiger partial charge is 0.351 e. The second-order valence-corrected chi connectivity index (χ2v) is 7.68.